The van der Waals surface area contributed by atoms with Gasteiger partial charge in [0.25, 0.3) is 0 Å². The van der Waals surface area contributed by atoms with Crippen LogP contribution in [0.25, 0.3) is 0 Å². The molecule has 240 valence electrons. The van der Waals surface area contributed by atoms with Crippen molar-refractivity contribution in [2.24, 2.45) is 5.73 Å². The van der Waals surface area contributed by atoms with Gasteiger partial charge in [-0.15, -0.1) is 11.8 Å². The zero-order chi connectivity index (χ0) is 33.3. The molecule has 0 aliphatic carbocycles. The van der Waals surface area contributed by atoms with E-state index in [1.807, 2.05) is 91.0 Å². The number of rotatable bonds is 14. The van der Waals surface area contributed by atoms with E-state index in [4.69, 9.17) is 5.73 Å². The van der Waals surface area contributed by atoms with Gasteiger partial charge in [0, 0.05) is 16.9 Å². The van der Waals surface area contributed by atoms with Gasteiger partial charge >= 0.3 is 5.97 Å². The minimum absolute atomic E-state index is 0.0148. The molecule has 0 heterocycles. The Labute approximate surface area is 278 Å². The molecule has 0 radical (unpaired) electrons. The number of amides is 2. The van der Waals surface area contributed by atoms with Crippen LogP contribution in [-0.2, 0) is 25.6 Å². The van der Waals surface area contributed by atoms with Gasteiger partial charge in [0.2, 0.25) is 11.8 Å². The zero-order valence-corrected chi connectivity index (χ0v) is 27.3. The number of aliphatic carboxylic acids is 1. The van der Waals surface area contributed by atoms with Crippen LogP contribution >= 0.6 is 24.4 Å². The quantitative estimate of drug-likeness (QED) is 0.0940. The molecule has 0 aromatic heterocycles. The van der Waals surface area contributed by atoms with Gasteiger partial charge in [0.1, 0.15) is 17.9 Å². The highest BCUT2D eigenvalue weighted by Crippen LogP contribution is 2.48. The fourth-order valence-corrected chi connectivity index (χ4v) is 6.85. The lowest BCUT2D eigenvalue weighted by Crippen LogP contribution is -2.59. The third kappa shape index (κ3) is 8.57. The molecule has 7 nitrogen and oxygen atoms in total. The summed E-state index contributed by atoms with van der Waals surface area (Å²) in [5, 5.41) is 15.0. The first-order valence-electron chi connectivity index (χ1n) is 14.8. The number of hydrogen-bond donors (Lipinski definition) is 5. The molecule has 5 N–H and O–H groups in total. The smallest absolute Gasteiger partial charge is 0.327 e. The molecule has 0 spiro atoms. The number of nitrogens with two attached hydrogens (primary N) is 1. The van der Waals surface area contributed by atoms with E-state index in [0.717, 1.165) is 16.7 Å². The molecule has 4 aromatic carbocycles. The highest BCUT2D eigenvalue weighted by Gasteiger charge is 2.39. The summed E-state index contributed by atoms with van der Waals surface area (Å²) in [7, 11) is 0. The van der Waals surface area contributed by atoms with Gasteiger partial charge in [-0.25, -0.2) is 9.18 Å². The number of halogens is 1. The minimum atomic E-state index is -1.34. The van der Waals surface area contributed by atoms with Crippen LogP contribution in [0.4, 0.5) is 4.39 Å². The third-order valence-electron chi connectivity index (χ3n) is 7.58. The summed E-state index contributed by atoms with van der Waals surface area (Å²) >= 11 is 5.85. The number of hydrogen-bond acceptors (Lipinski definition) is 6. The van der Waals surface area contributed by atoms with Gasteiger partial charge in [0.05, 0.1) is 10.8 Å². The van der Waals surface area contributed by atoms with Crippen molar-refractivity contribution >= 4 is 42.2 Å². The molecule has 0 aliphatic heterocycles. The van der Waals surface area contributed by atoms with Crippen molar-refractivity contribution in [2.75, 3.05) is 5.75 Å². The highest BCUT2D eigenvalue weighted by atomic mass is 32.2. The highest BCUT2D eigenvalue weighted by molar-refractivity contribution is 8.00. The summed E-state index contributed by atoms with van der Waals surface area (Å²) in [5.74, 6) is -2.85. The molecule has 2 amide bonds. The summed E-state index contributed by atoms with van der Waals surface area (Å²) in [4.78, 5) is 39.0. The summed E-state index contributed by atoms with van der Waals surface area (Å²) < 4.78 is 11.8. The number of thioether (sulfide) groups is 1. The summed E-state index contributed by atoms with van der Waals surface area (Å²) in [6.45, 7) is 3.13. The lowest BCUT2D eigenvalue weighted by atomic mass is 9.84. The van der Waals surface area contributed by atoms with E-state index in [0.29, 0.717) is 5.56 Å². The van der Waals surface area contributed by atoms with Crippen LogP contribution in [0.2, 0.25) is 0 Å². The van der Waals surface area contributed by atoms with Gasteiger partial charge in [-0.3, -0.25) is 9.59 Å². The molecule has 0 aliphatic rings. The summed E-state index contributed by atoms with van der Waals surface area (Å²) in [5.41, 5.74) is 10.1. The predicted molar refractivity (Wildman–Crippen MR) is 184 cm³/mol. The van der Waals surface area contributed by atoms with Crippen LogP contribution in [0, 0.1) is 5.82 Å². The van der Waals surface area contributed by atoms with Crippen molar-refractivity contribution in [1.82, 2.24) is 10.6 Å². The average molecular weight is 660 g/mol. The Kier molecular flexibility index (Phi) is 11.7. The fraction of sp³-hybridized carbons (Fsp3) is 0.250. The van der Waals surface area contributed by atoms with E-state index in [1.165, 1.54) is 36.0 Å². The number of carbonyl (C=O) groups excluding carboxylic acids is 2. The van der Waals surface area contributed by atoms with E-state index in [-0.39, 0.29) is 12.2 Å². The number of carbonyl (C=O) groups is 3. The summed E-state index contributed by atoms with van der Waals surface area (Å²) in [6.07, 6.45) is -0.0148. The first-order valence-corrected chi connectivity index (χ1v) is 16.2. The molecule has 0 saturated heterocycles. The summed E-state index contributed by atoms with van der Waals surface area (Å²) in [6, 6.07) is 31.9. The number of carboxylic acids is 1. The Hall–Kier alpha value is -4.12. The van der Waals surface area contributed by atoms with Crippen LogP contribution in [0.3, 0.4) is 0 Å². The van der Waals surface area contributed by atoms with Crippen molar-refractivity contribution in [3.05, 3.63) is 143 Å². The molecule has 4 rings (SSSR count). The molecular formula is C36H38FN3O4S2. The molecule has 3 atom stereocenters. The molecule has 0 bridgehead atoms. The van der Waals surface area contributed by atoms with Gasteiger partial charge in [-0.05, 0) is 48.2 Å². The van der Waals surface area contributed by atoms with Gasteiger partial charge in [0.15, 0.2) is 0 Å². The Morgan fingerprint density at radius 3 is 1.65 bits per heavy atom. The first-order chi connectivity index (χ1) is 21.9. The molecule has 46 heavy (non-hydrogen) atoms. The Morgan fingerprint density at radius 2 is 1.24 bits per heavy atom. The maximum Gasteiger partial charge on any atom is 0.327 e. The Bertz CT molecular complexity index is 1500. The largest absolute Gasteiger partial charge is 0.480 e. The molecule has 0 saturated carbocycles. The maximum absolute atomic E-state index is 13.6. The maximum atomic E-state index is 13.6. The van der Waals surface area contributed by atoms with E-state index in [9.17, 15) is 23.9 Å². The van der Waals surface area contributed by atoms with E-state index < -0.39 is 51.2 Å². The van der Waals surface area contributed by atoms with Gasteiger partial charge in [-0.1, -0.05) is 103 Å². The van der Waals surface area contributed by atoms with Crippen LogP contribution in [-0.4, -0.2) is 51.5 Å². The Balaban J connectivity index is 1.62. The standard InChI is InChI=1S/C36H38FN3O4S2/c1-35(2,45)31(34(43)44)40-33(42)30(22-24-18-20-28(37)21-19-24)39-32(41)29(38)23-46-36(25-12-6-3-7-13-25,26-14-8-4-9-15-26)27-16-10-5-11-17-27/h3-21,29-31,45H,22-23,38H2,1-2H3,(H,39,41)(H,40,42)(H,43,44)/t29-,30+,31+/m1/s1. The van der Waals surface area contributed by atoms with Crippen molar-refractivity contribution in [3.8, 4) is 0 Å². The Morgan fingerprint density at radius 1 is 0.783 bits per heavy atom. The lowest BCUT2D eigenvalue weighted by Gasteiger charge is -2.36. The number of thiol groups is 1. The number of nitrogens with one attached hydrogen (secondary N) is 2. The second kappa shape index (κ2) is 15.4. The van der Waals surface area contributed by atoms with E-state index in [2.05, 4.69) is 23.3 Å². The number of benzene rings is 4. The lowest BCUT2D eigenvalue weighted by molar-refractivity contribution is -0.143. The van der Waals surface area contributed by atoms with Gasteiger partial charge in [-0.2, -0.15) is 12.6 Å². The zero-order valence-electron chi connectivity index (χ0n) is 25.6. The monoisotopic (exact) mass is 659 g/mol. The van der Waals surface area contributed by atoms with Crippen molar-refractivity contribution in [3.63, 3.8) is 0 Å². The molecule has 10 heteroatoms. The number of carboxylic acid groups (broad SMARTS) is 1. The third-order valence-corrected chi connectivity index (χ3v) is 9.51. The van der Waals surface area contributed by atoms with E-state index in [1.54, 1.807) is 13.8 Å². The molecule has 0 fully saturated rings. The first kappa shape index (κ1) is 34.7. The topological polar surface area (TPSA) is 122 Å². The second-order valence-corrected chi connectivity index (χ2v) is 13.9. The average Bonchev–Trinajstić information content (AvgIpc) is 3.05. The van der Waals surface area contributed by atoms with E-state index >= 15 is 0 Å². The SMILES string of the molecule is CC(C)(S)[C@@H](NC(=O)[C@H](Cc1ccc(F)cc1)NC(=O)[C@H](N)CSC(c1ccccc1)(c1ccccc1)c1ccccc1)C(=O)O. The van der Waals surface area contributed by atoms with Crippen molar-refractivity contribution in [1.29, 1.82) is 0 Å². The normalized spacial score (nSPS) is 13.7. The van der Waals surface area contributed by atoms with Gasteiger partial charge < -0.3 is 21.5 Å². The minimum Gasteiger partial charge on any atom is -0.480 e. The molecule has 0 unspecified atom stereocenters. The molecular weight excluding hydrogens is 622 g/mol. The molecule has 4 aromatic rings. The predicted octanol–water partition coefficient (Wildman–Crippen LogP) is 5.18. The van der Waals surface area contributed by atoms with Crippen LogP contribution in [0.5, 0.6) is 0 Å². The van der Waals surface area contributed by atoms with Crippen molar-refractivity contribution in [2.45, 2.75) is 47.9 Å². The van der Waals surface area contributed by atoms with Crippen LogP contribution in [0.15, 0.2) is 115 Å². The van der Waals surface area contributed by atoms with Crippen LogP contribution < -0.4 is 16.4 Å². The van der Waals surface area contributed by atoms with Crippen LogP contribution in [0.1, 0.15) is 36.1 Å². The van der Waals surface area contributed by atoms with Crippen molar-refractivity contribution < 1.29 is 23.9 Å². The second-order valence-electron chi connectivity index (χ2n) is 11.5. The fourth-order valence-electron chi connectivity index (χ4n) is 5.19.